The molecule has 0 atom stereocenters. The molecule has 0 spiro atoms. The second-order valence-electron chi connectivity index (χ2n) is 23.4. The number of ether oxygens (including phenoxy) is 2. The maximum atomic E-state index is 13.3. The third-order valence-electron chi connectivity index (χ3n) is 13.7. The number of hydrogen-bond acceptors (Lipinski definition) is 13. The Labute approximate surface area is 523 Å². The number of benzene rings is 6. The van der Waals surface area contributed by atoms with E-state index in [1.165, 1.54) is 0 Å². The number of anilines is 6. The molecule has 22 heteroatoms. The fourth-order valence-electron chi connectivity index (χ4n) is 8.99. The summed E-state index contributed by atoms with van der Waals surface area (Å²) in [5.74, 6) is 1.28. The number of aryl methyl sites for hydroxylation is 2. The average Bonchev–Trinajstić information content (AvgIpc) is 1.31. The van der Waals surface area contributed by atoms with Crippen LogP contribution in [0.4, 0.5) is 44.2 Å². The number of sulfone groups is 1. The monoisotopic (exact) mass is 1230 g/mol. The first-order valence-electron chi connectivity index (χ1n) is 28.8. The molecular formula is C68H74N12O9S. The van der Waals surface area contributed by atoms with Crippen molar-refractivity contribution in [3.05, 3.63) is 204 Å². The highest BCUT2D eigenvalue weighted by Gasteiger charge is 2.24. The molecule has 466 valence electrons. The Morgan fingerprint density at radius 3 is 1.36 bits per heavy atom. The summed E-state index contributed by atoms with van der Waals surface area (Å²) in [4.78, 5) is 56.2. The van der Waals surface area contributed by atoms with Crippen LogP contribution in [0.3, 0.4) is 0 Å². The zero-order chi connectivity index (χ0) is 64.9. The Kier molecular flexibility index (Phi) is 20.7. The summed E-state index contributed by atoms with van der Waals surface area (Å²) >= 11 is 0. The van der Waals surface area contributed by atoms with E-state index >= 15 is 0 Å². The number of carbonyl (C=O) groups excluding carboxylic acids is 3. The van der Waals surface area contributed by atoms with Gasteiger partial charge in [-0.1, -0.05) is 132 Å². The number of fused-ring (bicyclic) bond motifs is 2. The summed E-state index contributed by atoms with van der Waals surface area (Å²) in [6.45, 7) is 19.1. The summed E-state index contributed by atoms with van der Waals surface area (Å²) in [6.07, 6.45) is 4.55. The molecule has 4 aromatic heterocycles. The number of nitrogens with one attached hydrogen (secondary N) is 5. The van der Waals surface area contributed by atoms with Gasteiger partial charge in [-0.3, -0.25) is 20.2 Å². The average molecular weight is 1240 g/mol. The van der Waals surface area contributed by atoms with Crippen LogP contribution >= 0.6 is 0 Å². The van der Waals surface area contributed by atoms with Gasteiger partial charge in [0.1, 0.15) is 53.7 Å². The van der Waals surface area contributed by atoms with Crippen molar-refractivity contribution < 1.29 is 42.2 Å². The van der Waals surface area contributed by atoms with Gasteiger partial charge in [0.05, 0.1) is 34.1 Å². The molecule has 0 aliphatic rings. The van der Waals surface area contributed by atoms with Gasteiger partial charge in [0.25, 0.3) is 0 Å². The van der Waals surface area contributed by atoms with Crippen LogP contribution in [0.2, 0.25) is 0 Å². The summed E-state index contributed by atoms with van der Waals surface area (Å²) in [5, 5.41) is 35.7. The Balaban J connectivity index is 0.000000208. The van der Waals surface area contributed by atoms with E-state index in [4.69, 9.17) is 30.5 Å². The van der Waals surface area contributed by atoms with Gasteiger partial charge in [0.15, 0.2) is 9.84 Å². The first kappa shape index (κ1) is 65.4. The van der Waals surface area contributed by atoms with Crippen molar-refractivity contribution >= 4 is 90.0 Å². The lowest BCUT2D eigenvalue weighted by Crippen LogP contribution is -2.21. The summed E-state index contributed by atoms with van der Waals surface area (Å²) < 4.78 is 35.9. The number of amides is 5. The van der Waals surface area contributed by atoms with E-state index in [1.807, 2.05) is 159 Å². The van der Waals surface area contributed by atoms with Crippen molar-refractivity contribution in [1.82, 2.24) is 29.5 Å². The van der Waals surface area contributed by atoms with Crippen molar-refractivity contribution in [2.75, 3.05) is 44.3 Å². The SMILES string of the molecule is CCC(=O)Nc1cc(COc2ccc(NC(=O)Nc3cc(C(C)(C)C)nn3-c3ccc(C)cc3)c3ccccc23)ccn1.CS(=O)(=O)CC(=O)O.Cc1ccc(-n2nc(C(C)(C)C)cc2NC(=O)Nc2ccc(OCc3ccnc(N)c3)c3ccccc23)cc1. The number of hydrogen-bond donors (Lipinski definition) is 7. The van der Waals surface area contributed by atoms with E-state index in [0.717, 1.165) is 72.8 Å². The lowest BCUT2D eigenvalue weighted by molar-refractivity contribution is -0.134. The van der Waals surface area contributed by atoms with Gasteiger partial charge in [-0.2, -0.15) is 10.2 Å². The van der Waals surface area contributed by atoms with Crippen LogP contribution in [0.15, 0.2) is 170 Å². The summed E-state index contributed by atoms with van der Waals surface area (Å²) in [7, 11) is -3.32. The molecule has 21 nitrogen and oxygen atoms in total. The molecule has 0 saturated heterocycles. The van der Waals surface area contributed by atoms with Crippen LogP contribution in [0.1, 0.15) is 88.5 Å². The number of pyridine rings is 2. The molecule has 4 heterocycles. The zero-order valence-corrected chi connectivity index (χ0v) is 52.7. The molecule has 90 heavy (non-hydrogen) atoms. The lowest BCUT2D eigenvalue weighted by atomic mass is 9.92. The fourth-order valence-corrected chi connectivity index (χ4v) is 9.43. The van der Waals surface area contributed by atoms with Gasteiger partial charge in [-0.25, -0.2) is 37.3 Å². The molecule has 0 aliphatic heterocycles. The number of aliphatic carboxylic acids is 1. The molecule has 0 fully saturated rings. The van der Waals surface area contributed by atoms with Gasteiger partial charge in [0.2, 0.25) is 5.91 Å². The van der Waals surface area contributed by atoms with Gasteiger partial charge in [-0.15, -0.1) is 0 Å². The second-order valence-corrected chi connectivity index (χ2v) is 25.5. The predicted molar refractivity (Wildman–Crippen MR) is 355 cm³/mol. The number of nitrogens with two attached hydrogens (primary N) is 1. The number of aromatic nitrogens is 6. The van der Waals surface area contributed by atoms with E-state index in [2.05, 4.69) is 78.1 Å². The minimum absolute atomic E-state index is 0.0991. The Morgan fingerprint density at radius 1 is 0.544 bits per heavy atom. The first-order chi connectivity index (χ1) is 42.7. The van der Waals surface area contributed by atoms with Crippen molar-refractivity contribution in [3.8, 4) is 22.9 Å². The number of urea groups is 2. The van der Waals surface area contributed by atoms with Gasteiger partial charge in [-0.05, 0) is 97.8 Å². The molecular weight excluding hydrogens is 1160 g/mol. The van der Waals surface area contributed by atoms with Crippen molar-refractivity contribution in [1.29, 1.82) is 0 Å². The highest BCUT2D eigenvalue weighted by atomic mass is 32.2. The number of carboxylic acids is 1. The summed E-state index contributed by atoms with van der Waals surface area (Å²) in [5.41, 5.74) is 14.3. The van der Waals surface area contributed by atoms with Crippen LogP contribution < -0.4 is 41.8 Å². The predicted octanol–water partition coefficient (Wildman–Crippen LogP) is 13.5. The zero-order valence-electron chi connectivity index (χ0n) is 51.9. The molecule has 5 amide bonds. The van der Waals surface area contributed by atoms with Crippen LogP contribution in [0.5, 0.6) is 11.5 Å². The molecule has 10 aromatic rings. The van der Waals surface area contributed by atoms with Crippen LogP contribution in [0.25, 0.3) is 32.9 Å². The quantitative estimate of drug-likeness (QED) is 0.0474. The molecule has 10 rings (SSSR count). The normalized spacial score (nSPS) is 11.3. The van der Waals surface area contributed by atoms with Gasteiger partial charge >= 0.3 is 18.0 Å². The third kappa shape index (κ3) is 18.0. The minimum Gasteiger partial charge on any atom is -0.488 e. The van der Waals surface area contributed by atoms with Crippen LogP contribution in [-0.4, -0.2) is 79.0 Å². The highest BCUT2D eigenvalue weighted by Crippen LogP contribution is 2.35. The molecule has 0 unspecified atom stereocenters. The van der Waals surface area contributed by atoms with Gasteiger partial charge in [0, 0.05) is 69.6 Å². The number of carbonyl (C=O) groups is 4. The second kappa shape index (κ2) is 28.5. The van der Waals surface area contributed by atoms with Crippen molar-refractivity contribution in [2.45, 2.75) is 92.8 Å². The van der Waals surface area contributed by atoms with E-state index in [1.54, 1.807) is 40.8 Å². The number of nitrogens with zero attached hydrogens (tertiary/aromatic N) is 6. The van der Waals surface area contributed by atoms with Crippen molar-refractivity contribution in [2.24, 2.45) is 0 Å². The lowest BCUT2D eigenvalue weighted by Gasteiger charge is -2.15. The first-order valence-corrected chi connectivity index (χ1v) is 30.9. The molecule has 0 bridgehead atoms. The van der Waals surface area contributed by atoms with E-state index in [-0.39, 0.29) is 35.4 Å². The molecule has 6 aromatic carbocycles. The Morgan fingerprint density at radius 2 is 0.967 bits per heavy atom. The molecule has 0 radical (unpaired) electrons. The molecule has 8 N–H and O–H groups in total. The number of carboxylic acid groups (broad SMARTS) is 1. The van der Waals surface area contributed by atoms with Crippen LogP contribution in [-0.2, 0) is 43.5 Å². The van der Waals surface area contributed by atoms with Gasteiger partial charge < -0.3 is 36.3 Å². The van der Waals surface area contributed by atoms with Crippen molar-refractivity contribution in [3.63, 3.8) is 0 Å². The third-order valence-corrected chi connectivity index (χ3v) is 14.5. The largest absolute Gasteiger partial charge is 0.488 e. The Hall–Kier alpha value is -10.6. The topological polar surface area (TPSA) is 289 Å². The standard InChI is InChI=1S/C34H36N6O3.C31H32N6O2.C3H6O4S/c1-6-32(41)37-30-19-23(17-18-35-30)21-43-28-16-15-27(25-9-7-8-10-26(25)28)36-33(42)38-31-20-29(34(3,4)5)39-40(31)24-13-11-22(2)12-14-24;1-20-9-11-22(12-10-20)37-29(18-27(36-37)31(2,3)4)35-30(38)34-25-13-14-26(24-8-6-5-7-23(24)25)39-19-21-15-16-33-28(32)17-21;1-8(6,7)2-3(4)5/h7-20H,6,21H2,1-5H3,(H,35,37,41)(H2,36,38,42);5-18H,19H2,1-4H3,(H2,32,33)(H2,34,35,38);2H2,1H3,(H,4,5). The highest BCUT2D eigenvalue weighted by molar-refractivity contribution is 7.91. The molecule has 0 saturated carbocycles. The van der Waals surface area contributed by atoms with E-state index < -0.39 is 21.6 Å². The van der Waals surface area contributed by atoms with E-state index in [9.17, 15) is 27.6 Å². The summed E-state index contributed by atoms with van der Waals surface area (Å²) in [6, 6.07) is 49.3. The smallest absolute Gasteiger partial charge is 0.324 e. The Bertz CT molecular complexity index is 4320. The van der Waals surface area contributed by atoms with Crippen LogP contribution in [0, 0.1) is 13.8 Å². The molecule has 0 aliphatic carbocycles. The maximum absolute atomic E-state index is 13.3. The van der Waals surface area contributed by atoms with E-state index in [0.29, 0.717) is 59.2 Å². The minimum atomic E-state index is -3.32. The fraction of sp³-hybridized carbons (Fsp3) is 0.235. The number of nitrogen functional groups attached to an aromatic ring is 1. The maximum Gasteiger partial charge on any atom is 0.324 e. The number of rotatable bonds is 16.